The average molecular weight is 210 g/mol. The van der Waals surface area contributed by atoms with Crippen LogP contribution in [0.2, 0.25) is 0 Å². The molecule has 0 aliphatic rings. The molecule has 15 heavy (non-hydrogen) atoms. The lowest BCUT2D eigenvalue weighted by Gasteiger charge is -2.24. The van der Waals surface area contributed by atoms with E-state index in [9.17, 15) is 15.2 Å². The quantitative estimate of drug-likeness (QED) is 0.588. The van der Waals surface area contributed by atoms with Crippen LogP contribution < -0.4 is 5.32 Å². The van der Waals surface area contributed by atoms with Gasteiger partial charge in [0.1, 0.15) is 0 Å². The van der Waals surface area contributed by atoms with Gasteiger partial charge in [-0.15, -0.1) is 0 Å². The van der Waals surface area contributed by atoms with Gasteiger partial charge in [0.05, 0.1) is 4.92 Å². The first-order valence-electron chi connectivity index (χ1n) is 4.55. The summed E-state index contributed by atoms with van der Waals surface area (Å²) in [5.41, 5.74) is 0.128. The van der Waals surface area contributed by atoms with E-state index in [1.165, 1.54) is 12.1 Å². The van der Waals surface area contributed by atoms with E-state index >= 15 is 0 Å². The molecule has 1 aromatic rings. The van der Waals surface area contributed by atoms with E-state index in [2.05, 4.69) is 5.32 Å². The number of phenolic OH excluding ortho intramolecular Hbond substituents is 1. The van der Waals surface area contributed by atoms with Crippen LogP contribution in [0, 0.1) is 10.1 Å². The first kappa shape index (κ1) is 11.5. The van der Waals surface area contributed by atoms with Crippen LogP contribution in [0.5, 0.6) is 5.75 Å². The summed E-state index contributed by atoms with van der Waals surface area (Å²) >= 11 is 0. The number of nitro benzene ring substituents is 1. The molecule has 82 valence electrons. The SMILES string of the molecule is CNC(C)(C)c1ccc(O)c([N+](=O)[O-])c1. The Morgan fingerprint density at radius 1 is 1.47 bits per heavy atom. The molecular formula is C10H14N2O3. The molecule has 0 radical (unpaired) electrons. The molecule has 5 heteroatoms. The standard InChI is InChI=1S/C10H14N2O3/c1-10(2,11-3)7-4-5-9(13)8(6-7)12(14)15/h4-6,11,13H,1-3H3. The summed E-state index contributed by atoms with van der Waals surface area (Å²) < 4.78 is 0. The Morgan fingerprint density at radius 2 is 2.07 bits per heavy atom. The molecule has 1 rings (SSSR count). The summed E-state index contributed by atoms with van der Waals surface area (Å²) in [6.07, 6.45) is 0. The number of hydrogen-bond donors (Lipinski definition) is 2. The molecule has 1 aromatic carbocycles. The van der Waals surface area contributed by atoms with Crippen LogP contribution in [-0.4, -0.2) is 17.1 Å². The minimum Gasteiger partial charge on any atom is -0.502 e. The largest absolute Gasteiger partial charge is 0.502 e. The van der Waals surface area contributed by atoms with Crippen LogP contribution in [-0.2, 0) is 5.54 Å². The van der Waals surface area contributed by atoms with Gasteiger partial charge in [-0.05, 0) is 32.5 Å². The van der Waals surface area contributed by atoms with E-state index in [0.717, 1.165) is 5.56 Å². The van der Waals surface area contributed by atoms with Crippen LogP contribution in [0.15, 0.2) is 18.2 Å². The number of nitro groups is 1. The fourth-order valence-electron chi connectivity index (χ4n) is 1.20. The topological polar surface area (TPSA) is 75.4 Å². The lowest BCUT2D eigenvalue weighted by Crippen LogP contribution is -2.33. The fraction of sp³-hybridized carbons (Fsp3) is 0.400. The Labute approximate surface area is 87.9 Å². The number of nitrogens with zero attached hydrogens (tertiary/aromatic N) is 1. The predicted octanol–water partition coefficient (Wildman–Crippen LogP) is 1.75. The second-order valence-electron chi connectivity index (χ2n) is 3.84. The molecule has 0 bridgehead atoms. The summed E-state index contributed by atoms with van der Waals surface area (Å²) in [5, 5.41) is 22.9. The van der Waals surface area contributed by atoms with Crippen molar-refractivity contribution in [2.75, 3.05) is 7.05 Å². The molecular weight excluding hydrogens is 196 g/mol. The number of rotatable bonds is 3. The zero-order valence-electron chi connectivity index (χ0n) is 8.94. The first-order chi connectivity index (χ1) is 6.88. The Hall–Kier alpha value is -1.62. The summed E-state index contributed by atoms with van der Waals surface area (Å²) in [5.74, 6) is -0.310. The van der Waals surface area contributed by atoms with Crippen molar-refractivity contribution >= 4 is 5.69 Å². The summed E-state index contributed by atoms with van der Waals surface area (Å²) in [6.45, 7) is 3.81. The first-order valence-corrected chi connectivity index (χ1v) is 4.55. The van der Waals surface area contributed by atoms with Crippen molar-refractivity contribution in [2.45, 2.75) is 19.4 Å². The van der Waals surface area contributed by atoms with Crippen molar-refractivity contribution < 1.29 is 10.0 Å². The number of phenols is 1. The normalized spacial score (nSPS) is 11.4. The van der Waals surface area contributed by atoms with Gasteiger partial charge in [0, 0.05) is 11.6 Å². The van der Waals surface area contributed by atoms with Gasteiger partial charge in [0.2, 0.25) is 0 Å². The summed E-state index contributed by atoms with van der Waals surface area (Å²) in [7, 11) is 1.78. The predicted molar refractivity (Wildman–Crippen MR) is 56.8 cm³/mol. The van der Waals surface area contributed by atoms with Crippen LogP contribution in [0.3, 0.4) is 0 Å². The van der Waals surface area contributed by atoms with Crippen LogP contribution in [0.1, 0.15) is 19.4 Å². The van der Waals surface area contributed by atoms with Gasteiger partial charge in [-0.1, -0.05) is 6.07 Å². The van der Waals surface area contributed by atoms with Crippen LogP contribution >= 0.6 is 0 Å². The van der Waals surface area contributed by atoms with Crippen molar-refractivity contribution in [3.63, 3.8) is 0 Å². The average Bonchev–Trinajstić information content (AvgIpc) is 2.17. The smallest absolute Gasteiger partial charge is 0.311 e. The van der Waals surface area contributed by atoms with Gasteiger partial charge >= 0.3 is 5.69 Å². The molecule has 0 heterocycles. The molecule has 2 N–H and O–H groups in total. The van der Waals surface area contributed by atoms with Gasteiger partial charge in [-0.2, -0.15) is 0 Å². The van der Waals surface area contributed by atoms with Gasteiger partial charge in [-0.3, -0.25) is 10.1 Å². The summed E-state index contributed by atoms with van der Waals surface area (Å²) in [4.78, 5) is 10.0. The van der Waals surface area contributed by atoms with Crippen molar-refractivity contribution in [3.05, 3.63) is 33.9 Å². The number of nitrogens with one attached hydrogen (secondary N) is 1. The van der Waals surface area contributed by atoms with Gasteiger partial charge in [-0.25, -0.2) is 0 Å². The number of aromatic hydroxyl groups is 1. The fourth-order valence-corrected chi connectivity index (χ4v) is 1.20. The second kappa shape index (κ2) is 3.86. The van der Waals surface area contributed by atoms with Crippen molar-refractivity contribution in [1.29, 1.82) is 0 Å². The monoisotopic (exact) mass is 210 g/mol. The minimum absolute atomic E-state index is 0.268. The third kappa shape index (κ3) is 2.24. The van der Waals surface area contributed by atoms with Crippen molar-refractivity contribution in [2.24, 2.45) is 0 Å². The zero-order chi connectivity index (χ0) is 11.6. The van der Waals surface area contributed by atoms with Gasteiger partial charge in [0.25, 0.3) is 0 Å². The highest BCUT2D eigenvalue weighted by atomic mass is 16.6. The summed E-state index contributed by atoms with van der Waals surface area (Å²) in [6, 6.07) is 4.39. The Morgan fingerprint density at radius 3 is 2.53 bits per heavy atom. The van der Waals surface area contributed by atoms with E-state index in [0.29, 0.717) is 0 Å². The molecule has 0 aliphatic heterocycles. The molecule has 0 saturated heterocycles. The molecule has 0 aliphatic carbocycles. The van der Waals surface area contributed by atoms with Gasteiger partial charge in [0.15, 0.2) is 5.75 Å². The molecule has 0 saturated carbocycles. The van der Waals surface area contributed by atoms with E-state index in [1.54, 1.807) is 13.1 Å². The molecule has 0 spiro atoms. The van der Waals surface area contributed by atoms with E-state index in [-0.39, 0.29) is 17.0 Å². The maximum atomic E-state index is 10.6. The van der Waals surface area contributed by atoms with E-state index in [4.69, 9.17) is 0 Å². The molecule has 0 fully saturated rings. The molecule has 0 atom stereocenters. The van der Waals surface area contributed by atoms with Gasteiger partial charge < -0.3 is 10.4 Å². The minimum atomic E-state index is -0.593. The maximum Gasteiger partial charge on any atom is 0.311 e. The Bertz CT molecular complexity index is 388. The third-order valence-corrected chi connectivity index (χ3v) is 2.52. The highest BCUT2D eigenvalue weighted by molar-refractivity contribution is 5.49. The second-order valence-corrected chi connectivity index (χ2v) is 3.84. The van der Waals surface area contributed by atoms with Crippen LogP contribution in [0.4, 0.5) is 5.69 Å². The zero-order valence-corrected chi connectivity index (χ0v) is 8.94. The molecule has 0 aromatic heterocycles. The molecule has 0 unspecified atom stereocenters. The van der Waals surface area contributed by atoms with E-state index in [1.807, 2.05) is 13.8 Å². The maximum absolute atomic E-state index is 10.6. The highest BCUT2D eigenvalue weighted by Gasteiger charge is 2.22. The third-order valence-electron chi connectivity index (χ3n) is 2.52. The number of hydrogen-bond acceptors (Lipinski definition) is 4. The highest BCUT2D eigenvalue weighted by Crippen LogP contribution is 2.30. The van der Waals surface area contributed by atoms with Crippen LogP contribution in [0.25, 0.3) is 0 Å². The Balaban J connectivity index is 3.25. The lowest BCUT2D eigenvalue weighted by molar-refractivity contribution is -0.386. The lowest BCUT2D eigenvalue weighted by atomic mass is 9.94. The van der Waals surface area contributed by atoms with Crippen molar-refractivity contribution in [3.8, 4) is 5.75 Å². The Kier molecular flexibility index (Phi) is 2.95. The van der Waals surface area contributed by atoms with E-state index < -0.39 is 4.92 Å². The number of benzene rings is 1. The van der Waals surface area contributed by atoms with Crippen molar-refractivity contribution in [1.82, 2.24) is 5.32 Å². The molecule has 5 nitrogen and oxygen atoms in total. The molecule has 0 amide bonds.